The Labute approximate surface area is 110 Å². The zero-order chi connectivity index (χ0) is 14.7. The molecule has 0 heterocycles. The summed E-state index contributed by atoms with van der Waals surface area (Å²) in [6.45, 7) is 6.19. The van der Waals surface area contributed by atoms with Gasteiger partial charge in [-0.15, -0.1) is 0 Å². The number of alkyl halides is 3. The van der Waals surface area contributed by atoms with E-state index < -0.39 is 17.4 Å². The molecule has 104 valence electrons. The Balaban J connectivity index is 2.93. The first-order valence-electron chi connectivity index (χ1n) is 5.93. The van der Waals surface area contributed by atoms with Crippen molar-refractivity contribution in [3.63, 3.8) is 0 Å². The van der Waals surface area contributed by atoms with E-state index in [2.05, 4.69) is 22.8 Å². The summed E-state index contributed by atoms with van der Waals surface area (Å²) in [4.78, 5) is 6.16. The fourth-order valence-electron chi connectivity index (χ4n) is 1.70. The lowest BCUT2D eigenvalue weighted by atomic mass is 9.80. The Kier molecular flexibility index (Phi) is 4.51. The monoisotopic (exact) mass is 271 g/mol. The van der Waals surface area contributed by atoms with Crippen molar-refractivity contribution in [1.29, 1.82) is 5.26 Å². The molecule has 1 fully saturated rings. The number of amidine groups is 1. The molecule has 1 aliphatic rings. The Morgan fingerprint density at radius 1 is 1.47 bits per heavy atom. The lowest BCUT2D eigenvalue weighted by molar-refractivity contribution is -0.0596. The first kappa shape index (κ1) is 15.4. The quantitative estimate of drug-likeness (QED) is 0.565. The highest BCUT2D eigenvalue weighted by Gasteiger charge is 2.36. The van der Waals surface area contributed by atoms with Gasteiger partial charge in [0.1, 0.15) is 0 Å². The number of hydrogen-bond acceptors (Lipinski definition) is 2. The Bertz CT molecular complexity index is 453. The fourth-order valence-corrected chi connectivity index (χ4v) is 1.70. The maximum Gasteiger partial charge on any atom is 0.451 e. The van der Waals surface area contributed by atoms with E-state index in [4.69, 9.17) is 0 Å². The second-order valence-electron chi connectivity index (χ2n) is 5.01. The van der Waals surface area contributed by atoms with Crippen LogP contribution in [0, 0.1) is 22.7 Å². The van der Waals surface area contributed by atoms with Crippen LogP contribution in [-0.4, -0.2) is 18.7 Å². The number of rotatable bonds is 4. The molecule has 0 amide bonds. The van der Waals surface area contributed by atoms with E-state index in [1.807, 2.05) is 0 Å². The third-order valence-corrected chi connectivity index (χ3v) is 3.29. The van der Waals surface area contributed by atoms with Gasteiger partial charge in [-0.25, -0.2) is 9.98 Å². The van der Waals surface area contributed by atoms with Crippen molar-refractivity contribution in [2.24, 2.45) is 21.3 Å². The van der Waals surface area contributed by atoms with Gasteiger partial charge in [0.15, 0.2) is 0 Å². The summed E-state index contributed by atoms with van der Waals surface area (Å²) in [6.07, 6.45) is -0.739. The molecule has 1 rings (SSSR count). The number of halogens is 3. The average molecular weight is 271 g/mol. The molecule has 1 saturated carbocycles. The van der Waals surface area contributed by atoms with Crippen LogP contribution < -0.4 is 0 Å². The number of aliphatic imine (C=N–C) groups is 2. The van der Waals surface area contributed by atoms with Crippen LogP contribution in [0.15, 0.2) is 21.8 Å². The van der Waals surface area contributed by atoms with Crippen LogP contribution in [0.4, 0.5) is 13.2 Å². The van der Waals surface area contributed by atoms with Gasteiger partial charge in [-0.05, 0) is 38.5 Å². The molecule has 0 aliphatic heterocycles. The molecule has 1 atom stereocenters. The van der Waals surface area contributed by atoms with Crippen molar-refractivity contribution < 1.29 is 13.2 Å². The first-order valence-corrected chi connectivity index (χ1v) is 5.93. The van der Waals surface area contributed by atoms with Gasteiger partial charge in [0.25, 0.3) is 0 Å². The van der Waals surface area contributed by atoms with Crippen LogP contribution in [0.2, 0.25) is 0 Å². The van der Waals surface area contributed by atoms with E-state index >= 15 is 0 Å². The van der Waals surface area contributed by atoms with Crippen molar-refractivity contribution in [2.75, 3.05) is 0 Å². The molecule has 1 unspecified atom stereocenters. The molecule has 0 radical (unpaired) electrons. The van der Waals surface area contributed by atoms with Crippen LogP contribution in [-0.2, 0) is 0 Å². The topological polar surface area (TPSA) is 48.5 Å². The van der Waals surface area contributed by atoms with Crippen LogP contribution in [0.1, 0.15) is 33.1 Å². The normalized spacial score (nSPS) is 20.6. The largest absolute Gasteiger partial charge is 0.451 e. The minimum atomic E-state index is -4.63. The lowest BCUT2D eigenvalue weighted by Gasteiger charge is -2.21. The molecule has 1 aliphatic carbocycles. The van der Waals surface area contributed by atoms with Crippen molar-refractivity contribution in [3.8, 4) is 6.07 Å². The molecule has 0 saturated heterocycles. The van der Waals surface area contributed by atoms with Crippen LogP contribution >= 0.6 is 0 Å². The summed E-state index contributed by atoms with van der Waals surface area (Å²) in [5.41, 5.74) is -0.268. The van der Waals surface area contributed by atoms with E-state index in [0.717, 1.165) is 19.0 Å². The second kappa shape index (κ2) is 5.55. The Morgan fingerprint density at radius 3 is 2.42 bits per heavy atom. The Hall–Kier alpha value is -1.64. The number of hydrogen-bond donors (Lipinski definition) is 0. The smallest absolute Gasteiger partial charge is 0.241 e. The van der Waals surface area contributed by atoms with Crippen LogP contribution in [0.25, 0.3) is 0 Å². The summed E-state index contributed by atoms with van der Waals surface area (Å²) in [5, 5.41) is 9.22. The van der Waals surface area contributed by atoms with Gasteiger partial charge < -0.3 is 0 Å². The van der Waals surface area contributed by atoms with E-state index in [1.54, 1.807) is 13.8 Å². The van der Waals surface area contributed by atoms with Gasteiger partial charge in [-0.3, -0.25) is 0 Å². The third-order valence-electron chi connectivity index (χ3n) is 3.29. The number of allylic oxidation sites excluding steroid dienone is 1. The molecule has 0 spiro atoms. The van der Waals surface area contributed by atoms with E-state index in [-0.39, 0.29) is 0 Å². The second-order valence-corrected chi connectivity index (χ2v) is 5.01. The average Bonchev–Trinajstić information content (AvgIpc) is 3.11. The fraction of sp³-hybridized carbons (Fsp3) is 0.615. The molecule has 0 aromatic rings. The molecular formula is C13H16F3N3. The zero-order valence-corrected chi connectivity index (χ0v) is 11.0. The lowest BCUT2D eigenvalue weighted by Crippen LogP contribution is -2.21. The SMILES string of the molecule is C=N/C(=N\C=C(/C)C(C)(C#N)CC1CC1)C(F)(F)F. The molecule has 3 nitrogen and oxygen atoms in total. The zero-order valence-electron chi connectivity index (χ0n) is 11.0. The van der Waals surface area contributed by atoms with Gasteiger partial charge in [0.2, 0.25) is 5.84 Å². The van der Waals surface area contributed by atoms with Gasteiger partial charge in [0, 0.05) is 6.20 Å². The first-order chi connectivity index (χ1) is 8.73. The highest BCUT2D eigenvalue weighted by atomic mass is 19.4. The third kappa shape index (κ3) is 4.19. The Morgan fingerprint density at radius 2 is 2.05 bits per heavy atom. The van der Waals surface area contributed by atoms with Gasteiger partial charge in [0.05, 0.1) is 11.5 Å². The van der Waals surface area contributed by atoms with Crippen LogP contribution in [0.3, 0.4) is 0 Å². The summed E-state index contributed by atoms with van der Waals surface area (Å²) in [7, 11) is 0. The maximum atomic E-state index is 12.4. The summed E-state index contributed by atoms with van der Waals surface area (Å²) in [6, 6.07) is 2.17. The molecule has 0 bridgehead atoms. The highest BCUT2D eigenvalue weighted by molar-refractivity contribution is 5.91. The summed E-state index contributed by atoms with van der Waals surface area (Å²) >= 11 is 0. The summed E-state index contributed by atoms with van der Waals surface area (Å²) < 4.78 is 37.2. The van der Waals surface area contributed by atoms with E-state index in [0.29, 0.717) is 17.9 Å². The van der Waals surface area contributed by atoms with Gasteiger partial charge in [-0.2, -0.15) is 18.4 Å². The van der Waals surface area contributed by atoms with Gasteiger partial charge >= 0.3 is 6.18 Å². The van der Waals surface area contributed by atoms with Gasteiger partial charge in [-0.1, -0.05) is 12.8 Å². The van der Waals surface area contributed by atoms with Crippen molar-refractivity contribution in [1.82, 2.24) is 0 Å². The molecule has 19 heavy (non-hydrogen) atoms. The number of nitrogens with zero attached hydrogens (tertiary/aromatic N) is 3. The van der Waals surface area contributed by atoms with Crippen molar-refractivity contribution >= 4 is 12.6 Å². The predicted molar refractivity (Wildman–Crippen MR) is 67.9 cm³/mol. The number of nitriles is 1. The van der Waals surface area contributed by atoms with Crippen LogP contribution in [0.5, 0.6) is 0 Å². The van der Waals surface area contributed by atoms with E-state index in [9.17, 15) is 18.4 Å². The minimum Gasteiger partial charge on any atom is -0.241 e. The molecule has 0 N–H and O–H groups in total. The standard InChI is InChI=1S/C13H16F3N3/c1-9(7-19-11(18-3)13(14,15)16)12(2,8-17)6-10-4-5-10/h7,10H,3-6H2,1-2H3/b9-7+,19-11-. The predicted octanol–water partition coefficient (Wildman–Crippen LogP) is 3.88. The molecular weight excluding hydrogens is 255 g/mol. The molecule has 6 heteroatoms. The molecule has 0 aromatic heterocycles. The molecule has 0 aromatic carbocycles. The van der Waals surface area contributed by atoms with Crippen molar-refractivity contribution in [2.45, 2.75) is 39.3 Å². The van der Waals surface area contributed by atoms with Crippen molar-refractivity contribution in [3.05, 3.63) is 11.8 Å². The highest BCUT2D eigenvalue weighted by Crippen LogP contribution is 2.43. The van der Waals surface area contributed by atoms with E-state index in [1.165, 1.54) is 0 Å². The minimum absolute atomic E-state index is 0.497. The summed E-state index contributed by atoms with van der Waals surface area (Å²) in [5.74, 6) is -0.796. The maximum absolute atomic E-state index is 12.4.